The molecule has 0 radical (unpaired) electrons. The minimum absolute atomic E-state index is 0. The predicted molar refractivity (Wildman–Crippen MR) is 131 cm³/mol. The third-order valence-electron chi connectivity index (χ3n) is 3.75. The average molecular weight is 696 g/mol. The van der Waals surface area contributed by atoms with Gasteiger partial charge in [-0.15, -0.1) is 102 Å². The fourth-order valence-electron chi connectivity index (χ4n) is 2.65. The lowest BCUT2D eigenvalue weighted by Gasteiger charge is -2.01. The molecule has 21 heavy (non-hydrogen) atoms. The molecule has 0 nitrogen and oxygen atoms in total. The van der Waals surface area contributed by atoms with Crippen LogP contribution < -0.4 is 0 Å². The van der Waals surface area contributed by atoms with Gasteiger partial charge in [0.1, 0.15) is 0 Å². The van der Waals surface area contributed by atoms with Crippen LogP contribution in [0.2, 0.25) is 0 Å². The first-order valence-corrected chi connectivity index (χ1v) is 7.50. The van der Waals surface area contributed by atoms with Gasteiger partial charge in [-0.1, -0.05) is 96.3 Å². The maximum Gasteiger partial charge on any atom is -0.0533 e. The van der Waals surface area contributed by atoms with Crippen molar-refractivity contribution in [3.8, 4) is 0 Å². The van der Waals surface area contributed by atoms with Gasteiger partial charge in [0, 0.05) is 0 Å². The normalized spacial score (nSPS) is 17.1. The second-order valence-corrected chi connectivity index (χ2v) is 5.30. The van der Waals surface area contributed by atoms with Crippen molar-refractivity contribution in [2.24, 2.45) is 0 Å². The molecule has 0 aliphatic heterocycles. The largest absolute Gasteiger partial charge is 0.114 e. The third kappa shape index (κ3) is 31.2. The number of rotatable bonds is 0. The molecule has 138 valence electrons. The van der Waals surface area contributed by atoms with Crippen LogP contribution in [-0.2, 0) is 0 Å². The van der Waals surface area contributed by atoms with Crippen molar-refractivity contribution in [3.63, 3.8) is 0 Å². The summed E-state index contributed by atoms with van der Waals surface area (Å²) in [5.74, 6) is 0. The lowest BCUT2D eigenvalue weighted by Crippen LogP contribution is -1.81. The monoisotopic (exact) mass is 690 g/mol. The molecule has 0 bridgehead atoms. The van der Waals surface area contributed by atoms with Crippen molar-refractivity contribution in [2.75, 3.05) is 0 Å². The van der Waals surface area contributed by atoms with Crippen LogP contribution in [0.1, 0.15) is 96.3 Å². The highest BCUT2D eigenvalue weighted by atomic mass is 79.9. The molecule has 0 aromatic carbocycles. The average Bonchev–Trinajstić information content (AvgIpc) is 2.27. The predicted octanol–water partition coefficient (Wildman–Crippen LogP) is 9.32. The van der Waals surface area contributed by atoms with E-state index in [1.807, 2.05) is 0 Å². The van der Waals surface area contributed by atoms with Crippen molar-refractivity contribution in [1.29, 1.82) is 0 Å². The highest BCUT2D eigenvalue weighted by Gasteiger charge is 1.96. The molecule has 0 spiro atoms. The number of halogens is 6. The van der Waals surface area contributed by atoms with Crippen LogP contribution in [0.3, 0.4) is 0 Å². The first kappa shape index (κ1) is 39.1. The summed E-state index contributed by atoms with van der Waals surface area (Å²) in [7, 11) is 0. The van der Waals surface area contributed by atoms with E-state index >= 15 is 0 Å². The zero-order valence-electron chi connectivity index (χ0n) is 13.1. The van der Waals surface area contributed by atoms with Gasteiger partial charge in [0.2, 0.25) is 0 Å². The molecule has 0 amide bonds. The summed E-state index contributed by atoms with van der Waals surface area (Å²) in [5.41, 5.74) is 0. The van der Waals surface area contributed by atoms with Crippen LogP contribution >= 0.6 is 102 Å². The molecular weight excluding hydrogens is 660 g/mol. The fraction of sp³-hybridized carbons (Fsp3) is 1.00. The summed E-state index contributed by atoms with van der Waals surface area (Å²) >= 11 is 0. The van der Waals surface area contributed by atoms with Gasteiger partial charge in [-0.25, -0.2) is 0 Å². The zero-order chi connectivity index (χ0) is 10.6. The molecule has 0 aromatic heterocycles. The van der Waals surface area contributed by atoms with E-state index in [0.717, 1.165) is 0 Å². The molecule has 1 saturated carbocycles. The molecule has 1 aliphatic carbocycles. The maximum absolute atomic E-state index is 1.50. The number of hydrogen-bond donors (Lipinski definition) is 0. The van der Waals surface area contributed by atoms with E-state index in [9.17, 15) is 0 Å². The molecular formula is C15H36Br6. The quantitative estimate of drug-likeness (QED) is 0.237. The van der Waals surface area contributed by atoms with E-state index in [1.165, 1.54) is 96.3 Å². The topological polar surface area (TPSA) is 0 Å². The lowest BCUT2D eigenvalue weighted by molar-refractivity contribution is 0.548. The molecule has 0 aromatic rings. The van der Waals surface area contributed by atoms with E-state index in [1.54, 1.807) is 0 Å². The van der Waals surface area contributed by atoms with Crippen molar-refractivity contribution in [2.45, 2.75) is 96.3 Å². The Labute approximate surface area is 196 Å². The Morgan fingerprint density at radius 3 is 0.238 bits per heavy atom. The Balaban J connectivity index is -0.0000000937. The Hall–Kier alpha value is 2.88. The van der Waals surface area contributed by atoms with Crippen LogP contribution in [-0.4, -0.2) is 0 Å². The SMILES string of the molecule is Br.Br.Br.Br.Br.Br.C1CCCCCCCCCCCCCC1. The second-order valence-electron chi connectivity index (χ2n) is 5.30. The van der Waals surface area contributed by atoms with Gasteiger partial charge in [-0.3, -0.25) is 0 Å². The molecule has 0 saturated heterocycles. The van der Waals surface area contributed by atoms with E-state index in [0.29, 0.717) is 0 Å². The summed E-state index contributed by atoms with van der Waals surface area (Å²) in [4.78, 5) is 0. The lowest BCUT2D eigenvalue weighted by atomic mass is 10.1. The molecule has 0 unspecified atom stereocenters. The van der Waals surface area contributed by atoms with Gasteiger partial charge in [0.15, 0.2) is 0 Å². The van der Waals surface area contributed by atoms with Gasteiger partial charge in [0.25, 0.3) is 0 Å². The Kier molecular flexibility index (Phi) is 63.8. The second kappa shape index (κ2) is 34.3. The molecule has 0 atom stereocenters. The Morgan fingerprint density at radius 2 is 0.190 bits per heavy atom. The highest BCUT2D eigenvalue weighted by molar-refractivity contribution is 8.93. The first-order valence-electron chi connectivity index (χ1n) is 7.50. The summed E-state index contributed by atoms with van der Waals surface area (Å²) in [6.07, 6.45) is 22.5. The van der Waals surface area contributed by atoms with Gasteiger partial charge in [-0.05, 0) is 0 Å². The summed E-state index contributed by atoms with van der Waals surface area (Å²) in [6, 6.07) is 0. The van der Waals surface area contributed by atoms with Crippen molar-refractivity contribution in [1.82, 2.24) is 0 Å². The van der Waals surface area contributed by atoms with E-state index < -0.39 is 0 Å². The molecule has 1 aliphatic rings. The van der Waals surface area contributed by atoms with Crippen LogP contribution in [0.25, 0.3) is 0 Å². The van der Waals surface area contributed by atoms with E-state index in [4.69, 9.17) is 0 Å². The fourth-order valence-corrected chi connectivity index (χ4v) is 2.65. The van der Waals surface area contributed by atoms with Crippen LogP contribution in [0, 0.1) is 0 Å². The summed E-state index contributed by atoms with van der Waals surface area (Å²) < 4.78 is 0. The van der Waals surface area contributed by atoms with Gasteiger partial charge in [-0.2, -0.15) is 0 Å². The number of hydrogen-bond acceptors (Lipinski definition) is 0. The van der Waals surface area contributed by atoms with Crippen LogP contribution in [0.15, 0.2) is 0 Å². The standard InChI is InChI=1S/C15H30.6BrH/c1-2-4-6-8-10-12-14-15-13-11-9-7-5-3-1;;;;;;/h1-15H2;6*1H. The Morgan fingerprint density at radius 1 is 0.143 bits per heavy atom. The summed E-state index contributed by atoms with van der Waals surface area (Å²) in [5, 5.41) is 0. The van der Waals surface area contributed by atoms with Crippen LogP contribution in [0.5, 0.6) is 0 Å². The molecule has 6 heteroatoms. The van der Waals surface area contributed by atoms with E-state index in [2.05, 4.69) is 0 Å². The molecule has 1 fully saturated rings. The Bertz CT molecular complexity index is 76.7. The maximum atomic E-state index is 1.50. The minimum atomic E-state index is 0. The molecule has 1 rings (SSSR count). The first-order chi connectivity index (χ1) is 7.50. The van der Waals surface area contributed by atoms with Crippen molar-refractivity contribution in [3.05, 3.63) is 0 Å². The van der Waals surface area contributed by atoms with Crippen LogP contribution in [0.4, 0.5) is 0 Å². The molecule has 0 heterocycles. The van der Waals surface area contributed by atoms with Crippen molar-refractivity contribution >= 4 is 102 Å². The van der Waals surface area contributed by atoms with Gasteiger partial charge >= 0.3 is 0 Å². The molecule has 0 N–H and O–H groups in total. The van der Waals surface area contributed by atoms with Gasteiger partial charge in [0.05, 0.1) is 0 Å². The third-order valence-corrected chi connectivity index (χ3v) is 3.75. The van der Waals surface area contributed by atoms with Gasteiger partial charge < -0.3 is 0 Å². The smallest absolute Gasteiger partial charge is 0.0533 e. The minimum Gasteiger partial charge on any atom is -0.114 e. The summed E-state index contributed by atoms with van der Waals surface area (Å²) in [6.45, 7) is 0. The van der Waals surface area contributed by atoms with Crippen molar-refractivity contribution < 1.29 is 0 Å². The van der Waals surface area contributed by atoms with E-state index in [-0.39, 0.29) is 102 Å². The highest BCUT2D eigenvalue weighted by Crippen LogP contribution is 2.16. The zero-order valence-corrected chi connectivity index (χ0v) is 23.3.